The predicted octanol–water partition coefficient (Wildman–Crippen LogP) is 2.47. The molecule has 1 aromatic carbocycles. The van der Waals surface area contributed by atoms with E-state index in [9.17, 15) is 5.11 Å². The van der Waals surface area contributed by atoms with E-state index in [2.05, 4.69) is 41.6 Å². The number of nitrogens with one attached hydrogen (secondary N) is 1. The highest BCUT2D eigenvalue weighted by Crippen LogP contribution is 2.37. The molecule has 0 aliphatic heterocycles. The van der Waals surface area contributed by atoms with Crippen LogP contribution in [0.2, 0.25) is 0 Å². The molecule has 1 saturated carbocycles. The molecule has 0 radical (unpaired) electrons. The zero-order valence-corrected chi connectivity index (χ0v) is 13.6. The van der Waals surface area contributed by atoms with Gasteiger partial charge in [-0.2, -0.15) is 5.10 Å². The fourth-order valence-corrected chi connectivity index (χ4v) is 3.13. The van der Waals surface area contributed by atoms with Crippen molar-refractivity contribution in [1.82, 2.24) is 15.1 Å². The molecule has 118 valence electrons. The second kappa shape index (κ2) is 5.86. The maximum atomic E-state index is 10.6. The standard InChI is InChI=1S/C18H25N3O/c1-13-5-4-6-14(7-13)15-8-17(9-15)19-12-18(2,22)16-10-20-21(3)11-16/h4-7,10-11,15,17,19,22H,8-9,12H2,1-3H3. The monoisotopic (exact) mass is 299 g/mol. The smallest absolute Gasteiger partial charge is 0.102 e. The minimum absolute atomic E-state index is 0.494. The summed E-state index contributed by atoms with van der Waals surface area (Å²) >= 11 is 0. The van der Waals surface area contributed by atoms with Gasteiger partial charge in [0, 0.05) is 31.4 Å². The summed E-state index contributed by atoms with van der Waals surface area (Å²) in [6, 6.07) is 9.28. The lowest BCUT2D eigenvalue weighted by atomic mass is 9.75. The van der Waals surface area contributed by atoms with Gasteiger partial charge in [0.1, 0.15) is 5.60 Å². The molecular weight excluding hydrogens is 274 g/mol. The van der Waals surface area contributed by atoms with Crippen LogP contribution in [0.3, 0.4) is 0 Å². The Morgan fingerprint density at radius 1 is 1.41 bits per heavy atom. The van der Waals surface area contributed by atoms with Crippen LogP contribution in [0.25, 0.3) is 0 Å². The number of nitrogens with zero attached hydrogens (tertiary/aromatic N) is 2. The lowest BCUT2D eigenvalue weighted by molar-refractivity contribution is 0.0489. The van der Waals surface area contributed by atoms with E-state index in [-0.39, 0.29) is 0 Å². The van der Waals surface area contributed by atoms with Crippen molar-refractivity contribution >= 4 is 0 Å². The summed E-state index contributed by atoms with van der Waals surface area (Å²) in [6.45, 7) is 4.54. The van der Waals surface area contributed by atoms with Gasteiger partial charge in [-0.05, 0) is 38.2 Å². The molecule has 3 rings (SSSR count). The van der Waals surface area contributed by atoms with E-state index in [0.29, 0.717) is 18.5 Å². The van der Waals surface area contributed by atoms with Crippen molar-refractivity contribution in [3.05, 3.63) is 53.3 Å². The lowest BCUT2D eigenvalue weighted by Crippen LogP contribution is -2.46. The van der Waals surface area contributed by atoms with E-state index in [0.717, 1.165) is 18.4 Å². The van der Waals surface area contributed by atoms with E-state index in [4.69, 9.17) is 0 Å². The third-order valence-electron chi connectivity index (χ3n) is 4.71. The first-order valence-electron chi connectivity index (χ1n) is 7.95. The fourth-order valence-electron chi connectivity index (χ4n) is 3.13. The second-order valence-electron chi connectivity index (χ2n) is 6.84. The molecule has 0 saturated heterocycles. The van der Waals surface area contributed by atoms with Crippen molar-refractivity contribution in [3.63, 3.8) is 0 Å². The largest absolute Gasteiger partial charge is 0.384 e. The number of rotatable bonds is 5. The molecule has 1 aliphatic carbocycles. The number of aliphatic hydroxyl groups is 1. The van der Waals surface area contributed by atoms with Gasteiger partial charge in [0.25, 0.3) is 0 Å². The van der Waals surface area contributed by atoms with Gasteiger partial charge in [-0.15, -0.1) is 0 Å². The topological polar surface area (TPSA) is 50.1 Å². The molecule has 0 spiro atoms. The average Bonchev–Trinajstić information content (AvgIpc) is 2.84. The third-order valence-corrected chi connectivity index (χ3v) is 4.71. The second-order valence-corrected chi connectivity index (χ2v) is 6.84. The van der Waals surface area contributed by atoms with Gasteiger partial charge in [0.05, 0.1) is 6.20 Å². The Labute approximate surface area is 132 Å². The van der Waals surface area contributed by atoms with Crippen LogP contribution >= 0.6 is 0 Å². The van der Waals surface area contributed by atoms with E-state index in [1.54, 1.807) is 10.9 Å². The Morgan fingerprint density at radius 3 is 2.82 bits per heavy atom. The summed E-state index contributed by atoms with van der Waals surface area (Å²) in [5.41, 5.74) is 2.76. The normalized spacial score (nSPS) is 23.8. The number of aromatic nitrogens is 2. The first-order valence-corrected chi connectivity index (χ1v) is 7.95. The van der Waals surface area contributed by atoms with Gasteiger partial charge in [-0.25, -0.2) is 0 Å². The van der Waals surface area contributed by atoms with E-state index in [1.807, 2.05) is 20.2 Å². The Kier molecular flexibility index (Phi) is 4.06. The number of benzene rings is 1. The molecule has 1 unspecified atom stereocenters. The van der Waals surface area contributed by atoms with Crippen molar-refractivity contribution in [2.45, 2.75) is 44.2 Å². The van der Waals surface area contributed by atoms with Crippen LogP contribution < -0.4 is 5.32 Å². The van der Waals surface area contributed by atoms with E-state index in [1.165, 1.54) is 11.1 Å². The summed E-state index contributed by atoms with van der Waals surface area (Å²) in [5, 5.41) is 18.2. The summed E-state index contributed by atoms with van der Waals surface area (Å²) in [7, 11) is 1.87. The maximum absolute atomic E-state index is 10.6. The van der Waals surface area contributed by atoms with Gasteiger partial charge in [-0.1, -0.05) is 29.8 Å². The number of aryl methyl sites for hydroxylation is 2. The molecule has 4 heteroatoms. The summed E-state index contributed by atoms with van der Waals surface area (Å²) in [4.78, 5) is 0. The molecule has 1 atom stereocenters. The summed E-state index contributed by atoms with van der Waals surface area (Å²) in [5.74, 6) is 0.653. The van der Waals surface area contributed by atoms with Crippen LogP contribution in [0.5, 0.6) is 0 Å². The molecule has 1 fully saturated rings. The van der Waals surface area contributed by atoms with Gasteiger partial charge in [0.15, 0.2) is 0 Å². The van der Waals surface area contributed by atoms with Gasteiger partial charge in [0.2, 0.25) is 0 Å². The van der Waals surface area contributed by atoms with Crippen LogP contribution in [-0.2, 0) is 12.6 Å². The molecular formula is C18H25N3O. The van der Waals surface area contributed by atoms with E-state index < -0.39 is 5.60 Å². The average molecular weight is 299 g/mol. The highest BCUT2D eigenvalue weighted by molar-refractivity contribution is 5.27. The van der Waals surface area contributed by atoms with Gasteiger partial charge >= 0.3 is 0 Å². The molecule has 4 nitrogen and oxygen atoms in total. The van der Waals surface area contributed by atoms with Gasteiger partial charge < -0.3 is 10.4 Å². The molecule has 0 amide bonds. The Bertz CT molecular complexity index is 641. The molecule has 2 N–H and O–H groups in total. The van der Waals surface area contributed by atoms with Crippen LogP contribution in [0.4, 0.5) is 0 Å². The predicted molar refractivity (Wildman–Crippen MR) is 87.7 cm³/mol. The Hall–Kier alpha value is -1.65. The highest BCUT2D eigenvalue weighted by Gasteiger charge is 2.32. The third kappa shape index (κ3) is 3.23. The number of hydrogen-bond acceptors (Lipinski definition) is 3. The molecule has 2 aromatic rings. The number of hydrogen-bond donors (Lipinski definition) is 2. The molecule has 0 bridgehead atoms. The van der Waals surface area contributed by atoms with Crippen molar-refractivity contribution in [2.75, 3.05) is 6.54 Å². The van der Waals surface area contributed by atoms with Crippen LogP contribution in [-0.4, -0.2) is 27.5 Å². The molecule has 1 heterocycles. The highest BCUT2D eigenvalue weighted by atomic mass is 16.3. The SMILES string of the molecule is Cc1cccc(C2CC(NCC(C)(O)c3cnn(C)c3)C2)c1. The zero-order chi connectivity index (χ0) is 15.7. The van der Waals surface area contributed by atoms with Crippen molar-refractivity contribution in [2.24, 2.45) is 7.05 Å². The Morgan fingerprint density at radius 2 is 2.18 bits per heavy atom. The Balaban J connectivity index is 1.50. The lowest BCUT2D eigenvalue weighted by Gasteiger charge is -2.38. The van der Waals surface area contributed by atoms with Crippen LogP contribution in [0.15, 0.2) is 36.7 Å². The first kappa shape index (κ1) is 15.3. The zero-order valence-electron chi connectivity index (χ0n) is 13.6. The van der Waals surface area contributed by atoms with E-state index >= 15 is 0 Å². The summed E-state index contributed by atoms with van der Waals surface area (Å²) in [6.07, 6.45) is 5.90. The van der Waals surface area contributed by atoms with Crippen LogP contribution in [0.1, 0.15) is 42.4 Å². The summed E-state index contributed by atoms with van der Waals surface area (Å²) < 4.78 is 1.72. The maximum Gasteiger partial charge on any atom is 0.102 e. The van der Waals surface area contributed by atoms with Crippen molar-refractivity contribution in [1.29, 1.82) is 0 Å². The van der Waals surface area contributed by atoms with Crippen molar-refractivity contribution < 1.29 is 5.11 Å². The quantitative estimate of drug-likeness (QED) is 0.892. The van der Waals surface area contributed by atoms with Crippen molar-refractivity contribution in [3.8, 4) is 0 Å². The first-order chi connectivity index (χ1) is 10.4. The molecule has 1 aliphatic rings. The minimum Gasteiger partial charge on any atom is -0.384 e. The van der Waals surface area contributed by atoms with Gasteiger partial charge in [-0.3, -0.25) is 4.68 Å². The van der Waals surface area contributed by atoms with Crippen LogP contribution in [0, 0.1) is 6.92 Å². The minimum atomic E-state index is -0.872. The molecule has 1 aromatic heterocycles. The fraction of sp³-hybridized carbons (Fsp3) is 0.500. The molecule has 22 heavy (non-hydrogen) atoms.